The van der Waals surface area contributed by atoms with Crippen LogP contribution in [0.2, 0.25) is 5.02 Å². The van der Waals surface area contributed by atoms with E-state index >= 15 is 0 Å². The van der Waals surface area contributed by atoms with Gasteiger partial charge in [0, 0.05) is 11.1 Å². The third-order valence-electron chi connectivity index (χ3n) is 3.95. The Hall–Kier alpha value is -2.73. The molecule has 3 rings (SSSR count). The van der Waals surface area contributed by atoms with Crippen LogP contribution in [0.1, 0.15) is 23.8 Å². The van der Waals surface area contributed by atoms with Gasteiger partial charge in [-0.2, -0.15) is 5.10 Å². The number of rotatable bonds is 6. The molecule has 0 radical (unpaired) electrons. The summed E-state index contributed by atoms with van der Waals surface area (Å²) in [6.45, 7) is 5.93. The summed E-state index contributed by atoms with van der Waals surface area (Å²) in [5.74, 6) is 1.67. The van der Waals surface area contributed by atoms with Crippen molar-refractivity contribution in [1.82, 2.24) is 9.78 Å². The van der Waals surface area contributed by atoms with E-state index in [1.54, 1.807) is 30.1 Å². The summed E-state index contributed by atoms with van der Waals surface area (Å²) < 4.78 is 12.7. The summed E-state index contributed by atoms with van der Waals surface area (Å²) in [5.41, 5.74) is 1.82. The molecule has 0 fully saturated rings. The molecule has 1 amide bonds. The van der Waals surface area contributed by atoms with Crippen LogP contribution >= 0.6 is 11.6 Å². The van der Waals surface area contributed by atoms with Crippen molar-refractivity contribution < 1.29 is 13.9 Å². The number of amides is 1. The number of halogens is 1. The van der Waals surface area contributed by atoms with Crippen LogP contribution in [0.3, 0.4) is 0 Å². The number of nitrogens with zero attached hydrogens (tertiary/aromatic N) is 2. The van der Waals surface area contributed by atoms with Gasteiger partial charge in [-0.3, -0.25) is 4.79 Å². The molecular formula is C19H20ClN3O3. The molecule has 0 saturated carbocycles. The lowest BCUT2D eigenvalue weighted by atomic mass is 10.1. The zero-order valence-corrected chi connectivity index (χ0v) is 15.6. The van der Waals surface area contributed by atoms with Crippen molar-refractivity contribution in [2.45, 2.75) is 33.4 Å². The molecule has 0 aliphatic carbocycles. The smallest absolute Gasteiger partial charge is 0.266 e. The third-order valence-corrected chi connectivity index (χ3v) is 4.54. The van der Waals surface area contributed by atoms with Gasteiger partial charge in [0.2, 0.25) is 0 Å². The maximum atomic E-state index is 12.5. The number of ether oxygens (including phenoxy) is 1. The first kappa shape index (κ1) is 18.1. The highest BCUT2D eigenvalue weighted by molar-refractivity contribution is 6.32. The maximum Gasteiger partial charge on any atom is 0.266 e. The van der Waals surface area contributed by atoms with E-state index in [0.29, 0.717) is 23.1 Å². The molecule has 0 spiro atoms. The molecule has 0 bridgehead atoms. The number of hydrogen-bond acceptors (Lipinski definition) is 4. The lowest BCUT2D eigenvalue weighted by Crippen LogP contribution is -2.31. The molecule has 7 heteroatoms. The Labute approximate surface area is 156 Å². The second-order valence-corrected chi connectivity index (χ2v) is 6.45. The molecule has 3 aromatic rings. The normalized spacial score (nSPS) is 12.0. The van der Waals surface area contributed by atoms with Crippen molar-refractivity contribution in [3.8, 4) is 5.75 Å². The van der Waals surface area contributed by atoms with E-state index in [-0.39, 0.29) is 5.91 Å². The fourth-order valence-electron chi connectivity index (χ4n) is 2.57. The van der Waals surface area contributed by atoms with Gasteiger partial charge >= 0.3 is 0 Å². The quantitative estimate of drug-likeness (QED) is 0.703. The molecule has 136 valence electrons. The second kappa shape index (κ2) is 7.66. The summed E-state index contributed by atoms with van der Waals surface area (Å²) >= 11 is 6.17. The minimum atomic E-state index is -0.679. The van der Waals surface area contributed by atoms with E-state index in [0.717, 1.165) is 16.9 Å². The lowest BCUT2D eigenvalue weighted by molar-refractivity contribution is -0.122. The fourth-order valence-corrected chi connectivity index (χ4v) is 2.68. The van der Waals surface area contributed by atoms with Crippen molar-refractivity contribution >= 4 is 23.3 Å². The molecule has 0 aliphatic heterocycles. The highest BCUT2D eigenvalue weighted by Gasteiger charge is 2.18. The number of nitrogens with one attached hydrogen (secondary N) is 1. The van der Waals surface area contributed by atoms with E-state index in [1.807, 2.05) is 38.1 Å². The van der Waals surface area contributed by atoms with Crippen molar-refractivity contribution in [3.63, 3.8) is 0 Å². The van der Waals surface area contributed by atoms with Crippen molar-refractivity contribution in [2.75, 3.05) is 5.32 Å². The van der Waals surface area contributed by atoms with E-state index < -0.39 is 6.10 Å². The maximum absolute atomic E-state index is 12.5. The Morgan fingerprint density at radius 3 is 2.73 bits per heavy atom. The van der Waals surface area contributed by atoms with Gasteiger partial charge in [0.15, 0.2) is 6.10 Å². The van der Waals surface area contributed by atoms with Crippen LogP contribution in [0, 0.1) is 13.8 Å². The Balaban J connectivity index is 1.66. The molecular weight excluding hydrogens is 354 g/mol. The number of carbonyl (C=O) groups is 1. The van der Waals surface area contributed by atoms with E-state index in [1.165, 1.54) is 0 Å². The van der Waals surface area contributed by atoms with Crippen LogP contribution < -0.4 is 10.1 Å². The highest BCUT2D eigenvalue weighted by atomic mass is 35.5. The standard InChI is InChI=1S/C19H20ClN3O3/c1-12-9-16(10-13(2)18(12)20)26-14(3)19(24)22-17-6-7-21-23(17)11-15-5-4-8-25-15/h4-10,14H,11H2,1-3H3,(H,22,24). The van der Waals surface area contributed by atoms with E-state index in [9.17, 15) is 4.79 Å². The highest BCUT2D eigenvalue weighted by Crippen LogP contribution is 2.26. The number of aryl methyl sites for hydroxylation is 2. The predicted octanol–water partition coefficient (Wildman–Crippen LogP) is 4.20. The van der Waals surface area contributed by atoms with Crippen molar-refractivity contribution in [2.24, 2.45) is 0 Å². The molecule has 2 aromatic heterocycles. The summed E-state index contributed by atoms with van der Waals surface area (Å²) in [4.78, 5) is 12.5. The van der Waals surface area contributed by atoms with Crippen molar-refractivity contribution in [1.29, 1.82) is 0 Å². The van der Waals surface area contributed by atoms with Gasteiger partial charge in [0.25, 0.3) is 5.91 Å². The zero-order valence-electron chi connectivity index (χ0n) is 14.8. The summed E-state index contributed by atoms with van der Waals surface area (Å²) in [6.07, 6.45) is 2.54. The number of anilines is 1. The monoisotopic (exact) mass is 373 g/mol. The zero-order chi connectivity index (χ0) is 18.7. The van der Waals surface area contributed by atoms with Gasteiger partial charge in [-0.1, -0.05) is 11.6 Å². The first-order valence-electron chi connectivity index (χ1n) is 8.22. The molecule has 0 saturated heterocycles. The number of benzene rings is 1. The Morgan fingerprint density at radius 1 is 1.35 bits per heavy atom. The Morgan fingerprint density at radius 2 is 2.08 bits per heavy atom. The molecule has 0 aliphatic rings. The lowest BCUT2D eigenvalue weighted by Gasteiger charge is -2.16. The fraction of sp³-hybridized carbons (Fsp3) is 0.263. The van der Waals surface area contributed by atoms with Crippen molar-refractivity contribution in [3.05, 3.63) is 64.7 Å². The van der Waals surface area contributed by atoms with Gasteiger partial charge in [0.1, 0.15) is 23.9 Å². The average molecular weight is 374 g/mol. The topological polar surface area (TPSA) is 69.3 Å². The summed E-state index contributed by atoms with van der Waals surface area (Å²) in [7, 11) is 0. The number of hydrogen-bond donors (Lipinski definition) is 1. The first-order chi connectivity index (χ1) is 12.4. The average Bonchev–Trinajstić information content (AvgIpc) is 3.25. The van der Waals surface area contributed by atoms with Gasteiger partial charge < -0.3 is 14.5 Å². The largest absolute Gasteiger partial charge is 0.481 e. The van der Waals surface area contributed by atoms with E-state index in [2.05, 4.69) is 10.4 Å². The molecule has 1 atom stereocenters. The van der Waals surface area contributed by atoms with Crippen LogP contribution in [-0.4, -0.2) is 21.8 Å². The minimum absolute atomic E-state index is 0.267. The van der Waals surface area contributed by atoms with Crippen LogP contribution in [0.25, 0.3) is 0 Å². The minimum Gasteiger partial charge on any atom is -0.481 e. The van der Waals surface area contributed by atoms with Gasteiger partial charge in [0.05, 0.1) is 12.5 Å². The Bertz CT molecular complexity index is 880. The van der Waals surface area contributed by atoms with Crippen LogP contribution in [-0.2, 0) is 11.3 Å². The van der Waals surface area contributed by atoms with Gasteiger partial charge in [-0.05, 0) is 56.2 Å². The second-order valence-electron chi connectivity index (χ2n) is 6.07. The number of furan rings is 1. The van der Waals surface area contributed by atoms with Gasteiger partial charge in [-0.25, -0.2) is 4.68 Å². The molecule has 6 nitrogen and oxygen atoms in total. The molecule has 1 N–H and O–H groups in total. The first-order valence-corrected chi connectivity index (χ1v) is 8.60. The number of carbonyl (C=O) groups excluding carboxylic acids is 1. The molecule has 26 heavy (non-hydrogen) atoms. The Kier molecular flexibility index (Phi) is 5.32. The van der Waals surface area contributed by atoms with E-state index in [4.69, 9.17) is 20.8 Å². The summed E-state index contributed by atoms with van der Waals surface area (Å²) in [6, 6.07) is 9.03. The molecule has 2 heterocycles. The van der Waals surface area contributed by atoms with Crippen LogP contribution in [0.15, 0.2) is 47.2 Å². The number of aromatic nitrogens is 2. The van der Waals surface area contributed by atoms with Gasteiger partial charge in [-0.15, -0.1) is 0 Å². The SMILES string of the molecule is Cc1cc(OC(C)C(=O)Nc2ccnn2Cc2ccco2)cc(C)c1Cl. The van der Waals surface area contributed by atoms with Crippen LogP contribution in [0.4, 0.5) is 5.82 Å². The summed E-state index contributed by atoms with van der Waals surface area (Å²) in [5, 5.41) is 7.74. The predicted molar refractivity (Wildman–Crippen MR) is 99.7 cm³/mol. The van der Waals surface area contributed by atoms with Crippen LogP contribution in [0.5, 0.6) is 5.75 Å². The molecule has 1 aromatic carbocycles. The molecule has 1 unspecified atom stereocenters. The third kappa shape index (κ3) is 4.08.